The van der Waals surface area contributed by atoms with E-state index in [9.17, 15) is 8.42 Å². The van der Waals surface area contributed by atoms with E-state index in [1.807, 2.05) is 12.1 Å². The molecule has 0 spiro atoms. The second-order valence-corrected chi connectivity index (χ2v) is 10.3. The summed E-state index contributed by atoms with van der Waals surface area (Å²) in [5.74, 6) is 1.44. The van der Waals surface area contributed by atoms with Gasteiger partial charge < -0.3 is 0 Å². The van der Waals surface area contributed by atoms with Crippen molar-refractivity contribution in [3.8, 4) is 5.69 Å². The maximum atomic E-state index is 12.1. The van der Waals surface area contributed by atoms with E-state index in [0.29, 0.717) is 17.6 Å². The molecule has 142 valence electrons. The Balaban J connectivity index is 1.44. The zero-order valence-electron chi connectivity index (χ0n) is 15.6. The lowest BCUT2D eigenvalue weighted by Gasteiger charge is -2.28. The molecule has 0 radical (unpaired) electrons. The molecule has 1 saturated carbocycles. The van der Waals surface area contributed by atoms with Crippen molar-refractivity contribution in [2.75, 3.05) is 5.75 Å². The number of benzene rings is 1. The number of hydrogen-bond acceptors (Lipinski definition) is 5. The molecule has 6 nitrogen and oxygen atoms in total. The quantitative estimate of drug-likeness (QED) is 0.741. The van der Waals surface area contributed by atoms with E-state index in [0.717, 1.165) is 37.8 Å². The van der Waals surface area contributed by atoms with Crippen molar-refractivity contribution in [1.29, 1.82) is 0 Å². The Kier molecular flexibility index (Phi) is 6.06. The van der Waals surface area contributed by atoms with Gasteiger partial charge in [-0.2, -0.15) is 0 Å². The Morgan fingerprint density at radius 1 is 1.08 bits per heavy atom. The summed E-state index contributed by atoms with van der Waals surface area (Å²) in [6.45, 7) is 3.57. The maximum Gasteiger partial charge on any atom is 0.162 e. The van der Waals surface area contributed by atoms with Gasteiger partial charge in [0.2, 0.25) is 0 Å². The molecule has 3 rings (SSSR count). The molecule has 26 heavy (non-hydrogen) atoms. The number of hydrogen-bond donors (Lipinski definition) is 0. The first-order valence-electron chi connectivity index (χ1n) is 9.48. The van der Waals surface area contributed by atoms with E-state index in [1.54, 1.807) is 13.8 Å². The Morgan fingerprint density at radius 2 is 1.73 bits per heavy atom. The van der Waals surface area contributed by atoms with Crippen LogP contribution in [0.1, 0.15) is 51.5 Å². The van der Waals surface area contributed by atoms with E-state index < -0.39 is 9.84 Å². The van der Waals surface area contributed by atoms with Crippen LogP contribution in [0, 0.1) is 11.8 Å². The minimum Gasteiger partial charge on any atom is -0.229 e. The minimum atomic E-state index is -2.91. The Morgan fingerprint density at radius 3 is 2.31 bits per heavy atom. The molecule has 0 N–H and O–H groups in total. The fourth-order valence-electron chi connectivity index (χ4n) is 3.66. The SMILES string of the molecule is CC(C)S(=O)(=O)CC1CCC(CCc2ccc(-n3ncnn3)cc2)CC1. The standard InChI is InChI=1S/C19H28N4O2S/c1-15(2)26(24,25)13-18-7-5-16(6-8-18)3-4-17-9-11-19(12-10-17)23-21-14-20-22-23/h9-12,14-16,18H,3-8,13H2,1-2H3. The molecule has 0 atom stereocenters. The summed E-state index contributed by atoms with van der Waals surface area (Å²) in [6, 6.07) is 8.29. The van der Waals surface area contributed by atoms with Gasteiger partial charge in [0.1, 0.15) is 0 Å². The van der Waals surface area contributed by atoms with Crippen molar-refractivity contribution in [2.45, 2.75) is 57.6 Å². The first kappa shape index (κ1) is 19.0. The van der Waals surface area contributed by atoms with Gasteiger partial charge in [0.25, 0.3) is 0 Å². The molecule has 1 aromatic heterocycles. The maximum absolute atomic E-state index is 12.1. The van der Waals surface area contributed by atoms with Crippen molar-refractivity contribution >= 4 is 9.84 Å². The monoisotopic (exact) mass is 376 g/mol. The van der Waals surface area contributed by atoms with Gasteiger partial charge in [-0.3, -0.25) is 0 Å². The number of sulfone groups is 1. The number of nitrogens with zero attached hydrogens (tertiary/aromatic N) is 4. The molecule has 7 heteroatoms. The van der Waals surface area contributed by atoms with Crippen LogP contribution in [0.15, 0.2) is 30.6 Å². The molecule has 0 unspecified atom stereocenters. The Labute approximate surface area is 155 Å². The lowest BCUT2D eigenvalue weighted by molar-refractivity contribution is 0.278. The highest BCUT2D eigenvalue weighted by Crippen LogP contribution is 2.33. The second kappa shape index (κ2) is 8.29. The summed E-state index contributed by atoms with van der Waals surface area (Å²) in [5, 5.41) is 11.4. The normalized spacial score (nSPS) is 21.2. The molecule has 0 amide bonds. The van der Waals surface area contributed by atoms with Crippen LogP contribution < -0.4 is 0 Å². The summed E-state index contributed by atoms with van der Waals surface area (Å²) < 4.78 is 24.2. The van der Waals surface area contributed by atoms with Gasteiger partial charge in [-0.25, -0.2) is 8.42 Å². The molecule has 1 fully saturated rings. The molecular formula is C19H28N4O2S. The first-order chi connectivity index (χ1) is 12.4. The van der Waals surface area contributed by atoms with Gasteiger partial charge in [-0.05, 0) is 74.3 Å². The Bertz CT molecular complexity index is 777. The van der Waals surface area contributed by atoms with E-state index >= 15 is 0 Å². The van der Waals surface area contributed by atoms with Crippen LogP contribution in [-0.2, 0) is 16.3 Å². The van der Waals surface area contributed by atoms with Crippen LogP contribution in [0.4, 0.5) is 0 Å². The average Bonchev–Trinajstić information content (AvgIpc) is 3.16. The highest BCUT2D eigenvalue weighted by molar-refractivity contribution is 7.91. The predicted octanol–water partition coefficient (Wildman–Crippen LogP) is 3.22. The molecule has 1 aromatic carbocycles. The summed E-state index contributed by atoms with van der Waals surface area (Å²) >= 11 is 0. The molecule has 0 aliphatic heterocycles. The topological polar surface area (TPSA) is 77.7 Å². The van der Waals surface area contributed by atoms with Gasteiger partial charge in [0.05, 0.1) is 16.7 Å². The largest absolute Gasteiger partial charge is 0.229 e. The summed E-state index contributed by atoms with van der Waals surface area (Å²) in [6.07, 6.45) is 8.06. The zero-order valence-corrected chi connectivity index (χ0v) is 16.4. The second-order valence-electron chi connectivity index (χ2n) is 7.70. The van der Waals surface area contributed by atoms with Crippen molar-refractivity contribution in [3.63, 3.8) is 0 Å². The smallest absolute Gasteiger partial charge is 0.162 e. The van der Waals surface area contributed by atoms with Crippen LogP contribution in [0.25, 0.3) is 5.69 Å². The third-order valence-corrected chi connectivity index (χ3v) is 7.88. The van der Waals surface area contributed by atoms with Gasteiger partial charge in [-0.15, -0.1) is 15.0 Å². The first-order valence-corrected chi connectivity index (χ1v) is 11.2. The van der Waals surface area contributed by atoms with E-state index in [1.165, 1.54) is 23.1 Å². The van der Waals surface area contributed by atoms with Crippen LogP contribution >= 0.6 is 0 Å². The number of aromatic nitrogens is 4. The lowest BCUT2D eigenvalue weighted by Crippen LogP contribution is -2.26. The molecule has 1 heterocycles. The van der Waals surface area contributed by atoms with Crippen LogP contribution in [-0.4, -0.2) is 39.6 Å². The highest BCUT2D eigenvalue weighted by atomic mass is 32.2. The highest BCUT2D eigenvalue weighted by Gasteiger charge is 2.27. The molecule has 2 aromatic rings. The summed E-state index contributed by atoms with van der Waals surface area (Å²) in [5.41, 5.74) is 2.23. The fourth-order valence-corrected chi connectivity index (χ4v) is 5.04. The number of tetrazole rings is 1. The summed E-state index contributed by atoms with van der Waals surface area (Å²) in [4.78, 5) is 1.51. The molecule has 0 bridgehead atoms. The van der Waals surface area contributed by atoms with Gasteiger partial charge in [0.15, 0.2) is 16.2 Å². The van der Waals surface area contributed by atoms with Crippen molar-refractivity contribution in [2.24, 2.45) is 11.8 Å². The zero-order chi connectivity index (χ0) is 18.6. The van der Waals surface area contributed by atoms with E-state index in [2.05, 4.69) is 27.5 Å². The molecule has 1 aliphatic rings. The van der Waals surface area contributed by atoms with Crippen molar-refractivity contribution < 1.29 is 8.42 Å². The lowest BCUT2D eigenvalue weighted by atomic mass is 9.80. The Hall–Kier alpha value is -1.76. The van der Waals surface area contributed by atoms with Crippen LogP contribution in [0.3, 0.4) is 0 Å². The minimum absolute atomic E-state index is 0.254. The van der Waals surface area contributed by atoms with Crippen LogP contribution in [0.2, 0.25) is 0 Å². The van der Waals surface area contributed by atoms with Crippen molar-refractivity contribution in [3.05, 3.63) is 36.2 Å². The molecule has 1 aliphatic carbocycles. The van der Waals surface area contributed by atoms with E-state index in [4.69, 9.17) is 0 Å². The number of aryl methyl sites for hydroxylation is 1. The van der Waals surface area contributed by atoms with Gasteiger partial charge in [-0.1, -0.05) is 25.0 Å². The third kappa shape index (κ3) is 4.90. The molecular weight excluding hydrogens is 348 g/mol. The van der Waals surface area contributed by atoms with Gasteiger partial charge >= 0.3 is 0 Å². The fraction of sp³-hybridized carbons (Fsp3) is 0.632. The number of rotatable bonds is 7. The van der Waals surface area contributed by atoms with Crippen LogP contribution in [0.5, 0.6) is 0 Å². The third-order valence-electron chi connectivity index (χ3n) is 5.51. The van der Waals surface area contributed by atoms with E-state index in [-0.39, 0.29) is 5.25 Å². The summed E-state index contributed by atoms with van der Waals surface area (Å²) in [7, 11) is -2.91. The molecule has 0 saturated heterocycles. The van der Waals surface area contributed by atoms with Gasteiger partial charge in [0, 0.05) is 0 Å². The predicted molar refractivity (Wildman–Crippen MR) is 102 cm³/mol. The van der Waals surface area contributed by atoms with Crippen molar-refractivity contribution in [1.82, 2.24) is 20.2 Å². The average molecular weight is 377 g/mol.